The van der Waals surface area contributed by atoms with E-state index in [1.54, 1.807) is 0 Å². The van der Waals surface area contributed by atoms with E-state index in [2.05, 4.69) is 5.32 Å². The van der Waals surface area contributed by atoms with Crippen molar-refractivity contribution < 1.29 is 29.4 Å². The number of nitrogens with one attached hydrogen (secondary N) is 1. The van der Waals surface area contributed by atoms with Crippen LogP contribution < -0.4 is 11.1 Å². The van der Waals surface area contributed by atoms with E-state index in [1.165, 1.54) is 9.80 Å². The molecule has 0 radical (unpaired) electrons. The first-order valence-corrected chi connectivity index (χ1v) is 10.2. The highest BCUT2D eigenvalue weighted by molar-refractivity contribution is 5.94. The van der Waals surface area contributed by atoms with Gasteiger partial charge in [0.25, 0.3) is 0 Å². The molecule has 3 amide bonds. The molecule has 4 atom stereocenters. The van der Waals surface area contributed by atoms with Gasteiger partial charge < -0.3 is 31.1 Å². The number of aliphatic carboxylic acids is 1. The number of amides is 3. The molecule has 0 aromatic carbocycles. The molecule has 0 saturated carbocycles. The fraction of sp³-hybridized carbons (Fsp3) is 0.789. The van der Waals surface area contributed by atoms with Crippen molar-refractivity contribution in [1.29, 1.82) is 0 Å². The van der Waals surface area contributed by atoms with Gasteiger partial charge in [0, 0.05) is 13.1 Å². The number of hydrogen-bond acceptors (Lipinski definition) is 6. The minimum atomic E-state index is -1.25. The molecule has 2 fully saturated rings. The van der Waals surface area contributed by atoms with E-state index in [-0.39, 0.29) is 18.4 Å². The van der Waals surface area contributed by atoms with Crippen LogP contribution in [0.3, 0.4) is 0 Å². The summed E-state index contributed by atoms with van der Waals surface area (Å²) in [6.07, 6.45) is 2.48. The normalized spacial score (nSPS) is 23.9. The van der Waals surface area contributed by atoms with Crippen LogP contribution in [0.4, 0.5) is 0 Å². The number of aliphatic hydroxyl groups excluding tert-OH is 1. The molecule has 10 nitrogen and oxygen atoms in total. The third-order valence-corrected chi connectivity index (χ3v) is 5.50. The molecule has 0 spiro atoms. The summed E-state index contributed by atoms with van der Waals surface area (Å²) < 4.78 is 0. The highest BCUT2D eigenvalue weighted by atomic mass is 16.4. The number of carboxylic acid groups (broad SMARTS) is 1. The highest BCUT2D eigenvalue weighted by Gasteiger charge is 2.40. The summed E-state index contributed by atoms with van der Waals surface area (Å²) >= 11 is 0. The van der Waals surface area contributed by atoms with Crippen LogP contribution in [-0.4, -0.2) is 87.6 Å². The standard InChI is InChI=1S/C19H32N4O6/c1-11(2)9-12(20)17(26)22-7-3-5-14(22)16(25)21-13(10-24)18(27)23-8-4-6-15(23)19(28)29/h11-15,24H,3-10,20H2,1-2H3,(H,21,25)(H,28,29). The first kappa shape index (κ1) is 23.1. The Kier molecular flexibility index (Phi) is 7.97. The van der Waals surface area contributed by atoms with E-state index in [0.717, 1.165) is 0 Å². The molecule has 2 aliphatic rings. The first-order valence-electron chi connectivity index (χ1n) is 10.2. The molecule has 2 saturated heterocycles. The molecule has 0 aliphatic carbocycles. The van der Waals surface area contributed by atoms with Gasteiger partial charge in [-0.25, -0.2) is 4.79 Å². The Morgan fingerprint density at radius 3 is 2.10 bits per heavy atom. The van der Waals surface area contributed by atoms with Crippen LogP contribution in [-0.2, 0) is 19.2 Å². The molecular formula is C19H32N4O6. The Bertz CT molecular complexity index is 640. The molecule has 2 rings (SSSR count). The van der Waals surface area contributed by atoms with Crippen molar-refractivity contribution in [3.63, 3.8) is 0 Å². The number of hydrogen-bond donors (Lipinski definition) is 4. The number of carboxylic acids is 1. The number of nitrogens with two attached hydrogens (primary N) is 1. The van der Waals surface area contributed by atoms with E-state index < -0.39 is 48.6 Å². The molecule has 2 aliphatic heterocycles. The van der Waals surface area contributed by atoms with E-state index >= 15 is 0 Å². The Labute approximate surface area is 170 Å². The largest absolute Gasteiger partial charge is 0.480 e. The SMILES string of the molecule is CC(C)CC(N)C(=O)N1CCCC1C(=O)NC(CO)C(=O)N1CCCC1C(=O)O. The highest BCUT2D eigenvalue weighted by Crippen LogP contribution is 2.21. The molecule has 164 valence electrons. The number of aliphatic hydroxyl groups is 1. The Balaban J connectivity index is 2.03. The van der Waals surface area contributed by atoms with Gasteiger partial charge in [-0.15, -0.1) is 0 Å². The summed E-state index contributed by atoms with van der Waals surface area (Å²) in [5.74, 6) is -2.33. The number of likely N-dealkylation sites (tertiary alicyclic amines) is 2. The second kappa shape index (κ2) is 10.0. The molecule has 0 aromatic rings. The second-order valence-corrected chi connectivity index (χ2v) is 8.20. The van der Waals surface area contributed by atoms with Gasteiger partial charge in [-0.2, -0.15) is 0 Å². The fourth-order valence-electron chi connectivity index (χ4n) is 4.07. The van der Waals surface area contributed by atoms with Crippen molar-refractivity contribution in [2.75, 3.05) is 19.7 Å². The van der Waals surface area contributed by atoms with Crippen LogP contribution in [0.2, 0.25) is 0 Å². The minimum Gasteiger partial charge on any atom is -0.480 e. The average Bonchev–Trinajstić information content (AvgIpc) is 3.33. The maximum Gasteiger partial charge on any atom is 0.326 e. The van der Waals surface area contributed by atoms with Gasteiger partial charge in [0.15, 0.2) is 0 Å². The van der Waals surface area contributed by atoms with Gasteiger partial charge in [0.2, 0.25) is 17.7 Å². The molecule has 0 aromatic heterocycles. The summed E-state index contributed by atoms with van der Waals surface area (Å²) in [6, 6.07) is -3.65. The molecule has 29 heavy (non-hydrogen) atoms. The molecule has 2 heterocycles. The van der Waals surface area contributed by atoms with Crippen molar-refractivity contribution in [3.05, 3.63) is 0 Å². The zero-order chi connectivity index (χ0) is 21.7. The smallest absolute Gasteiger partial charge is 0.326 e. The van der Waals surface area contributed by atoms with Gasteiger partial charge in [-0.05, 0) is 38.0 Å². The zero-order valence-corrected chi connectivity index (χ0v) is 17.0. The topological polar surface area (TPSA) is 153 Å². The minimum absolute atomic E-state index is 0.239. The van der Waals surface area contributed by atoms with Crippen LogP contribution in [0.5, 0.6) is 0 Å². The molecular weight excluding hydrogens is 380 g/mol. The van der Waals surface area contributed by atoms with Gasteiger partial charge in [-0.1, -0.05) is 13.8 Å². The van der Waals surface area contributed by atoms with Crippen molar-refractivity contribution in [3.8, 4) is 0 Å². The zero-order valence-electron chi connectivity index (χ0n) is 17.0. The van der Waals surface area contributed by atoms with Crippen molar-refractivity contribution in [1.82, 2.24) is 15.1 Å². The van der Waals surface area contributed by atoms with Crippen LogP contribution in [0, 0.1) is 5.92 Å². The molecule has 5 N–H and O–H groups in total. The van der Waals surface area contributed by atoms with E-state index in [1.807, 2.05) is 13.8 Å². The second-order valence-electron chi connectivity index (χ2n) is 8.20. The predicted molar refractivity (Wildman–Crippen MR) is 104 cm³/mol. The van der Waals surface area contributed by atoms with E-state index in [4.69, 9.17) is 5.73 Å². The quantitative estimate of drug-likeness (QED) is 0.395. The van der Waals surface area contributed by atoms with E-state index in [0.29, 0.717) is 38.6 Å². The van der Waals surface area contributed by atoms with Crippen LogP contribution in [0.25, 0.3) is 0 Å². The van der Waals surface area contributed by atoms with Crippen molar-refractivity contribution >= 4 is 23.7 Å². The fourth-order valence-corrected chi connectivity index (χ4v) is 4.07. The van der Waals surface area contributed by atoms with Gasteiger partial charge >= 0.3 is 5.97 Å². The van der Waals surface area contributed by atoms with Crippen LogP contribution in [0.15, 0.2) is 0 Å². The third kappa shape index (κ3) is 5.45. The molecule has 10 heteroatoms. The molecule has 0 bridgehead atoms. The maximum atomic E-state index is 12.8. The molecule has 4 unspecified atom stereocenters. The van der Waals surface area contributed by atoms with Crippen molar-refractivity contribution in [2.45, 2.75) is 70.1 Å². The monoisotopic (exact) mass is 412 g/mol. The maximum absolute atomic E-state index is 12.8. The number of nitrogens with zero attached hydrogens (tertiary/aromatic N) is 2. The van der Waals surface area contributed by atoms with Crippen LogP contribution >= 0.6 is 0 Å². The number of carbonyl (C=O) groups is 4. The van der Waals surface area contributed by atoms with Gasteiger partial charge in [0.05, 0.1) is 12.6 Å². The average molecular weight is 412 g/mol. The Morgan fingerprint density at radius 2 is 1.59 bits per heavy atom. The van der Waals surface area contributed by atoms with E-state index in [9.17, 15) is 29.4 Å². The van der Waals surface area contributed by atoms with Gasteiger partial charge in [0.1, 0.15) is 18.1 Å². The summed E-state index contributed by atoms with van der Waals surface area (Å²) in [6.45, 7) is 3.94. The lowest BCUT2D eigenvalue weighted by Gasteiger charge is -2.30. The lowest BCUT2D eigenvalue weighted by molar-refractivity contribution is -0.150. The Morgan fingerprint density at radius 1 is 1.03 bits per heavy atom. The summed E-state index contributed by atoms with van der Waals surface area (Å²) in [5, 5.41) is 21.4. The lowest BCUT2D eigenvalue weighted by Crippen LogP contribution is -2.57. The summed E-state index contributed by atoms with van der Waals surface area (Å²) in [4.78, 5) is 52.0. The van der Waals surface area contributed by atoms with Crippen molar-refractivity contribution in [2.24, 2.45) is 11.7 Å². The summed E-state index contributed by atoms with van der Waals surface area (Å²) in [7, 11) is 0. The lowest BCUT2D eigenvalue weighted by atomic mass is 10.0. The van der Waals surface area contributed by atoms with Gasteiger partial charge in [-0.3, -0.25) is 14.4 Å². The first-order chi connectivity index (χ1) is 13.7. The third-order valence-electron chi connectivity index (χ3n) is 5.50. The number of carbonyl (C=O) groups excluding carboxylic acids is 3. The predicted octanol–water partition coefficient (Wildman–Crippen LogP) is -1.10. The van der Waals surface area contributed by atoms with Crippen LogP contribution in [0.1, 0.15) is 46.0 Å². The number of rotatable bonds is 8. The Hall–Kier alpha value is -2.20. The summed E-state index contributed by atoms with van der Waals surface area (Å²) in [5.41, 5.74) is 5.98.